The number of carboxylic acids is 1. The van der Waals surface area contributed by atoms with Gasteiger partial charge in [0.05, 0.1) is 0 Å². The average molecular weight is 212 g/mol. The van der Waals surface area contributed by atoms with Gasteiger partial charge in [-0.2, -0.15) is 0 Å². The van der Waals surface area contributed by atoms with Crippen molar-refractivity contribution in [3.8, 4) is 11.5 Å². The van der Waals surface area contributed by atoms with Gasteiger partial charge in [-0.3, -0.25) is 0 Å². The Balaban J connectivity index is 2.57. The molecule has 5 nitrogen and oxygen atoms in total. The van der Waals surface area contributed by atoms with E-state index >= 15 is 0 Å². The summed E-state index contributed by atoms with van der Waals surface area (Å²) >= 11 is 0. The van der Waals surface area contributed by atoms with E-state index in [9.17, 15) is 9.18 Å². The monoisotopic (exact) mass is 212 g/mol. The number of halogens is 1. The van der Waals surface area contributed by atoms with Crippen LogP contribution in [-0.2, 0) is 0 Å². The van der Waals surface area contributed by atoms with Crippen LogP contribution in [0.15, 0.2) is 12.1 Å². The zero-order valence-corrected chi connectivity index (χ0v) is 7.44. The molecule has 0 fully saturated rings. The van der Waals surface area contributed by atoms with E-state index in [-0.39, 0.29) is 18.0 Å². The van der Waals surface area contributed by atoms with Gasteiger partial charge in [0, 0.05) is 0 Å². The Morgan fingerprint density at radius 3 is 2.93 bits per heavy atom. The molecule has 0 unspecified atom stereocenters. The second-order valence-corrected chi connectivity index (χ2v) is 2.94. The lowest BCUT2D eigenvalue weighted by Crippen LogP contribution is -2.34. The molecular formula is C8H6BFO5. The molecule has 1 aromatic carbocycles. The molecule has 78 valence electrons. The zero-order valence-electron chi connectivity index (χ0n) is 7.44. The number of benzene rings is 1. The standard InChI is InChI=1S/C8H6BFO5/c10-4-1-2-5-7(6(4)8(11)12)15-9(13)3-14-5/h1-2,13H,3H2,(H,11,12). The predicted octanol–water partition coefficient (Wildman–Crippen LogP) is 0.315. The largest absolute Gasteiger partial charge is 0.563 e. The van der Waals surface area contributed by atoms with E-state index in [0.29, 0.717) is 0 Å². The normalized spacial score (nSPS) is 13.9. The first-order valence-corrected chi connectivity index (χ1v) is 4.13. The van der Waals surface area contributed by atoms with Crippen molar-refractivity contribution in [2.24, 2.45) is 0 Å². The maximum absolute atomic E-state index is 13.2. The van der Waals surface area contributed by atoms with E-state index in [1.54, 1.807) is 0 Å². The molecule has 1 heterocycles. The van der Waals surface area contributed by atoms with Crippen molar-refractivity contribution in [1.29, 1.82) is 0 Å². The molecule has 7 heteroatoms. The van der Waals surface area contributed by atoms with E-state index < -0.39 is 24.5 Å². The van der Waals surface area contributed by atoms with Gasteiger partial charge in [0.1, 0.15) is 17.9 Å². The Kier molecular flexibility index (Phi) is 2.24. The van der Waals surface area contributed by atoms with Crippen LogP contribution in [0.4, 0.5) is 4.39 Å². The van der Waals surface area contributed by atoms with Crippen LogP contribution in [0.2, 0.25) is 0 Å². The van der Waals surface area contributed by atoms with Crippen LogP contribution in [0, 0.1) is 5.82 Å². The summed E-state index contributed by atoms with van der Waals surface area (Å²) in [5, 5.41) is 17.8. The van der Waals surface area contributed by atoms with Crippen LogP contribution in [0.3, 0.4) is 0 Å². The third kappa shape index (κ3) is 1.61. The fourth-order valence-electron chi connectivity index (χ4n) is 1.30. The Morgan fingerprint density at radius 1 is 1.53 bits per heavy atom. The van der Waals surface area contributed by atoms with Crippen LogP contribution < -0.4 is 9.39 Å². The summed E-state index contributed by atoms with van der Waals surface area (Å²) < 4.78 is 22.9. The molecule has 15 heavy (non-hydrogen) atoms. The maximum atomic E-state index is 13.2. The van der Waals surface area contributed by atoms with E-state index in [0.717, 1.165) is 6.07 Å². The number of fused-ring (bicyclic) bond motifs is 1. The lowest BCUT2D eigenvalue weighted by atomic mass is 9.91. The number of ether oxygens (including phenoxy) is 1. The number of carbonyl (C=O) groups is 1. The highest BCUT2D eigenvalue weighted by atomic mass is 19.1. The first-order chi connectivity index (χ1) is 7.09. The molecule has 0 saturated heterocycles. The summed E-state index contributed by atoms with van der Waals surface area (Å²) in [6.45, 7) is -0.113. The Bertz CT molecular complexity index is 422. The van der Waals surface area contributed by atoms with Crippen molar-refractivity contribution in [3.63, 3.8) is 0 Å². The van der Waals surface area contributed by atoms with Gasteiger partial charge in [-0.25, -0.2) is 9.18 Å². The van der Waals surface area contributed by atoms with Crippen LogP contribution in [-0.4, -0.2) is 29.7 Å². The minimum atomic E-state index is -1.47. The molecule has 0 spiro atoms. The fourth-order valence-corrected chi connectivity index (χ4v) is 1.30. The molecule has 0 bridgehead atoms. The van der Waals surface area contributed by atoms with Crippen molar-refractivity contribution in [2.45, 2.75) is 0 Å². The summed E-state index contributed by atoms with van der Waals surface area (Å²) in [5.41, 5.74) is -0.633. The highest BCUT2D eigenvalue weighted by Gasteiger charge is 2.31. The molecule has 1 aliphatic rings. The smallest absolute Gasteiger partial charge is 0.531 e. The molecule has 1 aromatic rings. The Morgan fingerprint density at radius 2 is 2.27 bits per heavy atom. The van der Waals surface area contributed by atoms with Crippen LogP contribution in [0.25, 0.3) is 0 Å². The number of aromatic carboxylic acids is 1. The van der Waals surface area contributed by atoms with Gasteiger partial charge >= 0.3 is 13.1 Å². The van der Waals surface area contributed by atoms with Gasteiger partial charge < -0.3 is 19.5 Å². The first-order valence-electron chi connectivity index (χ1n) is 4.13. The molecule has 0 amide bonds. The molecule has 1 aliphatic heterocycles. The molecule has 0 radical (unpaired) electrons. The van der Waals surface area contributed by atoms with E-state index in [1.807, 2.05) is 0 Å². The Labute approximate surface area is 84.2 Å². The van der Waals surface area contributed by atoms with Gasteiger partial charge in [0.25, 0.3) is 0 Å². The molecule has 0 aliphatic carbocycles. The van der Waals surface area contributed by atoms with Crippen LogP contribution >= 0.6 is 0 Å². The first kappa shape index (κ1) is 9.79. The predicted molar refractivity (Wildman–Crippen MR) is 47.5 cm³/mol. The lowest BCUT2D eigenvalue weighted by Gasteiger charge is -2.21. The van der Waals surface area contributed by atoms with Crippen molar-refractivity contribution in [3.05, 3.63) is 23.5 Å². The van der Waals surface area contributed by atoms with Gasteiger partial charge in [0.15, 0.2) is 11.5 Å². The summed E-state index contributed by atoms with van der Waals surface area (Å²) in [5.74, 6) is -2.57. The van der Waals surface area contributed by atoms with Gasteiger partial charge in [-0.05, 0) is 12.1 Å². The fraction of sp³-hybridized carbons (Fsp3) is 0.125. The van der Waals surface area contributed by atoms with Crippen LogP contribution in [0.1, 0.15) is 10.4 Å². The quantitative estimate of drug-likeness (QED) is 0.655. The average Bonchev–Trinajstić information content (AvgIpc) is 2.16. The topological polar surface area (TPSA) is 76.0 Å². The summed E-state index contributed by atoms with van der Waals surface area (Å²) in [6, 6.07) is 2.23. The zero-order chi connectivity index (χ0) is 11.0. The second kappa shape index (κ2) is 3.43. The van der Waals surface area contributed by atoms with Gasteiger partial charge in [-0.15, -0.1) is 0 Å². The highest BCUT2D eigenvalue weighted by molar-refractivity contribution is 6.44. The Hall–Kier alpha value is -1.76. The minimum absolute atomic E-state index is 0.110. The molecule has 0 atom stereocenters. The third-order valence-corrected chi connectivity index (χ3v) is 1.92. The maximum Gasteiger partial charge on any atom is 0.563 e. The number of hydrogen-bond donors (Lipinski definition) is 2. The number of rotatable bonds is 1. The van der Waals surface area contributed by atoms with Crippen molar-refractivity contribution >= 4 is 13.1 Å². The third-order valence-electron chi connectivity index (χ3n) is 1.92. The number of carboxylic acid groups (broad SMARTS) is 1. The van der Waals surface area contributed by atoms with Crippen molar-refractivity contribution < 1.29 is 28.7 Å². The minimum Gasteiger partial charge on any atom is -0.531 e. The van der Waals surface area contributed by atoms with E-state index in [4.69, 9.17) is 19.5 Å². The SMILES string of the molecule is O=C(O)c1c(F)ccc2c1OB(O)CO2. The molecule has 0 aromatic heterocycles. The van der Waals surface area contributed by atoms with Crippen molar-refractivity contribution in [1.82, 2.24) is 0 Å². The molecule has 2 rings (SSSR count). The van der Waals surface area contributed by atoms with Crippen molar-refractivity contribution in [2.75, 3.05) is 6.51 Å². The van der Waals surface area contributed by atoms with Gasteiger partial charge in [0.2, 0.25) is 0 Å². The highest BCUT2D eigenvalue weighted by Crippen LogP contribution is 2.35. The van der Waals surface area contributed by atoms with Gasteiger partial charge in [-0.1, -0.05) is 0 Å². The molecule has 0 saturated carbocycles. The summed E-state index contributed by atoms with van der Waals surface area (Å²) in [6.07, 6.45) is 0. The van der Waals surface area contributed by atoms with E-state index in [2.05, 4.69) is 0 Å². The lowest BCUT2D eigenvalue weighted by molar-refractivity contribution is 0.0687. The van der Waals surface area contributed by atoms with Crippen LogP contribution in [0.5, 0.6) is 11.5 Å². The second-order valence-electron chi connectivity index (χ2n) is 2.94. The van der Waals surface area contributed by atoms with E-state index in [1.165, 1.54) is 6.07 Å². The molecule has 2 N–H and O–H groups in total. The number of hydrogen-bond acceptors (Lipinski definition) is 4. The summed E-state index contributed by atoms with van der Waals surface area (Å²) in [7, 11) is -1.28. The molecular weight excluding hydrogens is 206 g/mol. The summed E-state index contributed by atoms with van der Waals surface area (Å²) in [4.78, 5) is 10.7.